The molecule has 1 unspecified atom stereocenters. The van der Waals surface area contributed by atoms with Crippen LogP contribution in [0, 0.1) is 0 Å². The van der Waals surface area contributed by atoms with Crippen molar-refractivity contribution in [1.29, 1.82) is 0 Å². The number of rotatable bonds is 4. The number of hydrogen-bond acceptors (Lipinski definition) is 3. The highest BCUT2D eigenvalue weighted by Crippen LogP contribution is 2.09. The molecule has 1 atom stereocenters. The number of ether oxygens (including phenoxy) is 1. The lowest BCUT2D eigenvalue weighted by Gasteiger charge is -1.99. The largest absolute Gasteiger partial charge is 0.465 e. The lowest BCUT2D eigenvalue weighted by atomic mass is 10.1. The fraction of sp³-hybridized carbons (Fsp3) is 0.167. The van der Waals surface area contributed by atoms with E-state index in [2.05, 4.69) is 20.7 Å². The van der Waals surface area contributed by atoms with Gasteiger partial charge in [-0.15, -0.1) is 0 Å². The van der Waals surface area contributed by atoms with Crippen LogP contribution in [0.3, 0.4) is 0 Å². The molecule has 0 amide bonds. The number of benzene rings is 1. The van der Waals surface area contributed by atoms with Crippen molar-refractivity contribution in [2.24, 2.45) is 0 Å². The fourth-order valence-corrected chi connectivity index (χ4v) is 1.25. The number of allylic oxidation sites excluding steroid dienone is 1. The molecule has 0 saturated carbocycles. The predicted octanol–water partition coefficient (Wildman–Crippen LogP) is 2.45. The van der Waals surface area contributed by atoms with E-state index >= 15 is 0 Å². The van der Waals surface area contributed by atoms with E-state index in [4.69, 9.17) is 0 Å². The van der Waals surface area contributed by atoms with Gasteiger partial charge in [-0.25, -0.2) is 4.79 Å². The van der Waals surface area contributed by atoms with E-state index in [0.29, 0.717) is 5.56 Å². The van der Waals surface area contributed by atoms with Gasteiger partial charge in [-0.2, -0.15) is 0 Å². The summed E-state index contributed by atoms with van der Waals surface area (Å²) in [5, 5.41) is 0. The van der Waals surface area contributed by atoms with Crippen LogP contribution in [0.15, 0.2) is 30.3 Å². The molecule has 0 saturated heterocycles. The molecule has 16 heavy (non-hydrogen) atoms. The molecular weight excluding hydrogens is 272 g/mol. The zero-order valence-electron chi connectivity index (χ0n) is 8.72. The Bertz CT molecular complexity index is 395. The van der Waals surface area contributed by atoms with Crippen molar-refractivity contribution in [2.75, 3.05) is 7.11 Å². The third-order valence-corrected chi connectivity index (χ3v) is 2.46. The van der Waals surface area contributed by atoms with Crippen LogP contribution in [0.25, 0.3) is 6.08 Å². The number of alkyl halides is 1. The molecule has 0 aliphatic carbocycles. The van der Waals surface area contributed by atoms with Crippen LogP contribution in [-0.2, 0) is 9.53 Å². The highest BCUT2D eigenvalue weighted by molar-refractivity contribution is 9.10. The molecule has 0 N–H and O–H groups in total. The Morgan fingerprint density at radius 3 is 2.50 bits per heavy atom. The van der Waals surface area contributed by atoms with Crippen molar-refractivity contribution >= 4 is 34.3 Å². The van der Waals surface area contributed by atoms with Crippen molar-refractivity contribution < 1.29 is 14.3 Å². The fourth-order valence-electron chi connectivity index (χ4n) is 1.10. The summed E-state index contributed by atoms with van der Waals surface area (Å²) in [7, 11) is 1.34. The second kappa shape index (κ2) is 6.23. The molecular formula is C12H11BrO3. The number of halogens is 1. The summed E-state index contributed by atoms with van der Waals surface area (Å²) in [6, 6.07) is 6.92. The number of esters is 1. The number of methoxy groups -OCH3 is 1. The monoisotopic (exact) mass is 282 g/mol. The average molecular weight is 283 g/mol. The van der Waals surface area contributed by atoms with Crippen LogP contribution < -0.4 is 0 Å². The van der Waals surface area contributed by atoms with E-state index in [0.717, 1.165) is 11.8 Å². The van der Waals surface area contributed by atoms with Gasteiger partial charge in [0.1, 0.15) is 6.29 Å². The molecule has 0 heterocycles. The summed E-state index contributed by atoms with van der Waals surface area (Å²) >= 11 is 3.15. The Morgan fingerprint density at radius 2 is 2.00 bits per heavy atom. The van der Waals surface area contributed by atoms with E-state index in [1.165, 1.54) is 7.11 Å². The Balaban J connectivity index is 2.75. The lowest BCUT2D eigenvalue weighted by molar-refractivity contribution is -0.106. The molecule has 84 valence electrons. The van der Waals surface area contributed by atoms with Crippen LogP contribution in [-0.4, -0.2) is 24.2 Å². The number of aldehydes is 1. The van der Waals surface area contributed by atoms with Gasteiger partial charge >= 0.3 is 5.97 Å². The lowest BCUT2D eigenvalue weighted by Crippen LogP contribution is -2.00. The minimum atomic E-state index is -0.359. The molecule has 0 fully saturated rings. The first kappa shape index (κ1) is 12.6. The summed E-state index contributed by atoms with van der Waals surface area (Å²) in [4.78, 5) is 21.2. The normalized spacial score (nSPS) is 12.4. The second-order valence-corrected chi connectivity index (χ2v) is 4.11. The van der Waals surface area contributed by atoms with Gasteiger partial charge in [0.05, 0.1) is 17.5 Å². The van der Waals surface area contributed by atoms with Crippen LogP contribution in [0.4, 0.5) is 0 Å². The Kier molecular flexibility index (Phi) is 4.92. The van der Waals surface area contributed by atoms with Gasteiger partial charge < -0.3 is 9.53 Å². The first-order valence-corrected chi connectivity index (χ1v) is 5.55. The Labute approximate surface area is 102 Å². The first-order chi connectivity index (χ1) is 7.67. The number of hydrogen-bond donors (Lipinski definition) is 0. The van der Waals surface area contributed by atoms with E-state index < -0.39 is 0 Å². The molecule has 3 nitrogen and oxygen atoms in total. The van der Waals surface area contributed by atoms with Crippen molar-refractivity contribution in [1.82, 2.24) is 0 Å². The van der Waals surface area contributed by atoms with Crippen molar-refractivity contribution in [3.8, 4) is 0 Å². The highest BCUT2D eigenvalue weighted by Gasteiger charge is 2.03. The molecule has 0 aliphatic heterocycles. The van der Waals surface area contributed by atoms with Gasteiger partial charge in [0.2, 0.25) is 0 Å². The maximum absolute atomic E-state index is 11.1. The molecule has 1 aromatic rings. The number of carbonyl (C=O) groups excluding carboxylic acids is 2. The summed E-state index contributed by atoms with van der Waals surface area (Å²) in [6.45, 7) is 0. The summed E-state index contributed by atoms with van der Waals surface area (Å²) in [6.07, 6.45) is 4.31. The van der Waals surface area contributed by atoms with Gasteiger partial charge in [0, 0.05) is 0 Å². The van der Waals surface area contributed by atoms with Crippen LogP contribution in [0.1, 0.15) is 15.9 Å². The molecule has 0 aliphatic rings. The molecule has 0 aromatic heterocycles. The molecule has 0 bridgehead atoms. The van der Waals surface area contributed by atoms with Gasteiger partial charge in [-0.1, -0.05) is 40.2 Å². The van der Waals surface area contributed by atoms with E-state index in [1.54, 1.807) is 36.4 Å². The van der Waals surface area contributed by atoms with E-state index in [9.17, 15) is 9.59 Å². The summed E-state index contributed by atoms with van der Waals surface area (Å²) in [5.74, 6) is -0.359. The van der Waals surface area contributed by atoms with Gasteiger partial charge in [-0.05, 0) is 17.7 Å². The molecule has 0 radical (unpaired) electrons. The first-order valence-electron chi connectivity index (χ1n) is 4.63. The van der Waals surface area contributed by atoms with Gasteiger partial charge in [-0.3, -0.25) is 0 Å². The standard InChI is InChI=1S/C12H11BrO3/c1-16-12(15)10-5-2-9(3-6-10)4-7-11(13)8-14/h2-8,11H,1H3. The second-order valence-electron chi connectivity index (χ2n) is 3.05. The average Bonchev–Trinajstić information content (AvgIpc) is 2.35. The van der Waals surface area contributed by atoms with Crippen molar-refractivity contribution in [3.05, 3.63) is 41.5 Å². The third-order valence-electron chi connectivity index (χ3n) is 1.93. The highest BCUT2D eigenvalue weighted by atomic mass is 79.9. The van der Waals surface area contributed by atoms with Crippen molar-refractivity contribution in [3.63, 3.8) is 0 Å². The Hall–Kier alpha value is -1.42. The molecule has 1 aromatic carbocycles. The zero-order chi connectivity index (χ0) is 12.0. The SMILES string of the molecule is COC(=O)c1ccc(C=CC(Br)C=O)cc1. The van der Waals surface area contributed by atoms with Gasteiger partial charge in [0.25, 0.3) is 0 Å². The minimum absolute atomic E-state index is 0.284. The van der Waals surface area contributed by atoms with E-state index in [-0.39, 0.29) is 10.8 Å². The van der Waals surface area contributed by atoms with Crippen LogP contribution in [0.5, 0.6) is 0 Å². The van der Waals surface area contributed by atoms with Gasteiger partial charge in [0.15, 0.2) is 0 Å². The smallest absolute Gasteiger partial charge is 0.337 e. The molecule has 1 rings (SSSR count). The number of carbonyl (C=O) groups is 2. The summed E-state index contributed by atoms with van der Waals surface area (Å²) < 4.78 is 4.58. The van der Waals surface area contributed by atoms with Crippen LogP contribution in [0.2, 0.25) is 0 Å². The maximum Gasteiger partial charge on any atom is 0.337 e. The quantitative estimate of drug-likeness (QED) is 0.484. The van der Waals surface area contributed by atoms with Crippen molar-refractivity contribution in [2.45, 2.75) is 4.83 Å². The van der Waals surface area contributed by atoms with Crippen LogP contribution >= 0.6 is 15.9 Å². The molecule has 4 heteroatoms. The third kappa shape index (κ3) is 3.62. The summed E-state index contributed by atoms with van der Waals surface area (Å²) in [5.41, 5.74) is 1.42. The topological polar surface area (TPSA) is 43.4 Å². The maximum atomic E-state index is 11.1. The van der Waals surface area contributed by atoms with E-state index in [1.807, 2.05) is 0 Å². The predicted molar refractivity (Wildman–Crippen MR) is 65.6 cm³/mol. The zero-order valence-corrected chi connectivity index (χ0v) is 10.3. The Morgan fingerprint density at radius 1 is 1.38 bits per heavy atom. The molecule has 0 spiro atoms. The minimum Gasteiger partial charge on any atom is -0.465 e.